The fourth-order valence-electron chi connectivity index (χ4n) is 3.56. The summed E-state index contributed by atoms with van der Waals surface area (Å²) < 4.78 is 30.1. The molecule has 5 nitrogen and oxygen atoms in total. The molecule has 2 unspecified atom stereocenters. The van der Waals surface area contributed by atoms with Crippen molar-refractivity contribution in [3.05, 3.63) is 30.0 Å². The molecule has 2 aromatic rings. The molecule has 1 fully saturated rings. The van der Waals surface area contributed by atoms with E-state index in [0.717, 1.165) is 29.4 Å². The van der Waals surface area contributed by atoms with Gasteiger partial charge in [-0.3, -0.25) is 0 Å². The largest absolute Gasteiger partial charge is 0.347 e. The second-order valence-corrected chi connectivity index (χ2v) is 8.49. The minimum atomic E-state index is -3.51. The SMILES string of the molecule is Cc1c(S(=O)(=O)N2CCCC(C(C)N)C2)c2ccccc2n1C.Cl. The number of hydrogen-bond donors (Lipinski definition) is 1. The van der Waals surface area contributed by atoms with Crippen LogP contribution < -0.4 is 5.73 Å². The molecule has 0 bridgehead atoms. The molecule has 1 aliphatic heterocycles. The van der Waals surface area contributed by atoms with Crippen molar-refractivity contribution >= 4 is 33.3 Å². The highest BCUT2D eigenvalue weighted by Gasteiger charge is 2.34. The Hall–Kier alpha value is -1.08. The lowest BCUT2D eigenvalue weighted by atomic mass is 9.93. The smallest absolute Gasteiger partial charge is 0.245 e. The number of aryl methyl sites for hydroxylation is 1. The van der Waals surface area contributed by atoms with Gasteiger partial charge in [-0.2, -0.15) is 4.31 Å². The van der Waals surface area contributed by atoms with E-state index < -0.39 is 10.0 Å². The summed E-state index contributed by atoms with van der Waals surface area (Å²) in [5, 5.41) is 0.801. The average Bonchev–Trinajstić information content (AvgIpc) is 2.80. The predicted octanol–water partition coefficient (Wildman–Crippen LogP) is 2.66. The second-order valence-electron chi connectivity index (χ2n) is 6.62. The first-order valence-corrected chi connectivity index (χ1v) is 9.57. The van der Waals surface area contributed by atoms with Crippen LogP contribution in [0.2, 0.25) is 0 Å². The lowest BCUT2D eigenvalue weighted by molar-refractivity contribution is 0.243. The van der Waals surface area contributed by atoms with Crippen LogP contribution >= 0.6 is 12.4 Å². The Morgan fingerprint density at radius 3 is 2.62 bits per heavy atom. The molecule has 134 valence electrons. The predicted molar refractivity (Wildman–Crippen MR) is 100 cm³/mol. The molecule has 2 heterocycles. The number of sulfonamides is 1. The maximum Gasteiger partial charge on any atom is 0.245 e. The monoisotopic (exact) mass is 371 g/mol. The van der Waals surface area contributed by atoms with Crippen molar-refractivity contribution < 1.29 is 8.42 Å². The third-order valence-corrected chi connectivity index (χ3v) is 7.15. The molecule has 24 heavy (non-hydrogen) atoms. The molecule has 2 atom stereocenters. The van der Waals surface area contributed by atoms with Crippen molar-refractivity contribution in [2.24, 2.45) is 18.7 Å². The number of benzene rings is 1. The molecule has 0 spiro atoms. The minimum absolute atomic E-state index is 0. The second kappa shape index (κ2) is 7.04. The Morgan fingerprint density at radius 2 is 1.96 bits per heavy atom. The van der Waals surface area contributed by atoms with Gasteiger partial charge in [-0.15, -0.1) is 12.4 Å². The minimum Gasteiger partial charge on any atom is -0.347 e. The van der Waals surface area contributed by atoms with Crippen molar-refractivity contribution in [1.82, 2.24) is 8.87 Å². The van der Waals surface area contributed by atoms with E-state index in [1.165, 1.54) is 0 Å². The maximum atomic E-state index is 13.3. The molecule has 0 radical (unpaired) electrons. The van der Waals surface area contributed by atoms with Gasteiger partial charge in [0.1, 0.15) is 4.90 Å². The van der Waals surface area contributed by atoms with Crippen molar-refractivity contribution in [2.75, 3.05) is 13.1 Å². The number of fused-ring (bicyclic) bond motifs is 1. The molecular weight excluding hydrogens is 346 g/mol. The first-order chi connectivity index (χ1) is 10.8. The van der Waals surface area contributed by atoms with Gasteiger partial charge in [-0.05, 0) is 38.7 Å². The van der Waals surface area contributed by atoms with Crippen molar-refractivity contribution in [2.45, 2.75) is 37.6 Å². The van der Waals surface area contributed by atoms with Crippen LogP contribution in [0, 0.1) is 12.8 Å². The first kappa shape index (κ1) is 19.2. The fraction of sp³-hybridized carbons (Fsp3) is 0.529. The van der Waals surface area contributed by atoms with Gasteiger partial charge in [-0.1, -0.05) is 18.2 Å². The topological polar surface area (TPSA) is 68.3 Å². The van der Waals surface area contributed by atoms with Crippen LogP contribution in [0.5, 0.6) is 0 Å². The summed E-state index contributed by atoms with van der Waals surface area (Å²) >= 11 is 0. The third kappa shape index (κ3) is 3.08. The maximum absolute atomic E-state index is 13.3. The van der Waals surface area contributed by atoms with Gasteiger partial charge in [0.25, 0.3) is 0 Å². The Bertz CT molecular complexity index is 830. The molecule has 1 aliphatic rings. The van der Waals surface area contributed by atoms with E-state index in [0.29, 0.717) is 18.0 Å². The fourth-order valence-corrected chi connectivity index (χ4v) is 5.54. The van der Waals surface area contributed by atoms with E-state index in [1.54, 1.807) is 4.31 Å². The highest BCUT2D eigenvalue weighted by atomic mass is 35.5. The summed E-state index contributed by atoms with van der Waals surface area (Å²) in [6.07, 6.45) is 1.87. The summed E-state index contributed by atoms with van der Waals surface area (Å²) in [5.41, 5.74) is 7.74. The third-order valence-electron chi connectivity index (χ3n) is 5.10. The molecule has 1 aromatic carbocycles. The van der Waals surface area contributed by atoms with Crippen LogP contribution in [0.3, 0.4) is 0 Å². The van der Waals surface area contributed by atoms with Crippen molar-refractivity contribution in [1.29, 1.82) is 0 Å². The number of piperidine rings is 1. The molecule has 0 amide bonds. The van der Waals surface area contributed by atoms with Gasteiger partial charge in [0.15, 0.2) is 0 Å². The molecule has 1 aromatic heterocycles. The number of aromatic nitrogens is 1. The number of nitrogens with zero attached hydrogens (tertiary/aromatic N) is 2. The van der Waals surface area contributed by atoms with Crippen LogP contribution in [-0.4, -0.2) is 36.4 Å². The number of rotatable bonds is 3. The van der Waals surface area contributed by atoms with Gasteiger partial charge in [0, 0.05) is 42.8 Å². The zero-order valence-electron chi connectivity index (χ0n) is 14.4. The molecule has 1 saturated heterocycles. The van der Waals surface area contributed by atoms with Crippen LogP contribution in [0.25, 0.3) is 10.9 Å². The average molecular weight is 372 g/mol. The zero-order chi connectivity index (χ0) is 16.8. The summed E-state index contributed by atoms with van der Waals surface area (Å²) in [7, 11) is -1.59. The molecule has 0 aliphatic carbocycles. The standard InChI is InChI=1S/C17H25N3O2S.ClH/c1-12(18)14-7-6-10-20(11-14)23(21,22)17-13(2)19(3)16-9-5-4-8-15(16)17;/h4-5,8-9,12,14H,6-7,10-11,18H2,1-3H3;1H. The van der Waals surface area contributed by atoms with E-state index in [1.807, 2.05) is 49.7 Å². The quantitative estimate of drug-likeness (QED) is 0.901. The van der Waals surface area contributed by atoms with Gasteiger partial charge >= 0.3 is 0 Å². The van der Waals surface area contributed by atoms with Gasteiger partial charge in [0.2, 0.25) is 10.0 Å². The van der Waals surface area contributed by atoms with E-state index in [4.69, 9.17) is 5.73 Å². The molecular formula is C17H26ClN3O2S. The Morgan fingerprint density at radius 1 is 1.29 bits per heavy atom. The summed E-state index contributed by atoms with van der Waals surface area (Å²) in [5.74, 6) is 0.230. The summed E-state index contributed by atoms with van der Waals surface area (Å²) in [6.45, 7) is 4.93. The highest BCUT2D eigenvalue weighted by molar-refractivity contribution is 7.89. The molecule has 0 saturated carbocycles. The van der Waals surface area contributed by atoms with Gasteiger partial charge < -0.3 is 10.3 Å². The lowest BCUT2D eigenvalue weighted by Gasteiger charge is -2.33. The van der Waals surface area contributed by atoms with Crippen molar-refractivity contribution in [3.63, 3.8) is 0 Å². The zero-order valence-corrected chi connectivity index (χ0v) is 16.0. The van der Waals surface area contributed by atoms with E-state index >= 15 is 0 Å². The molecule has 7 heteroatoms. The number of hydrogen-bond acceptors (Lipinski definition) is 3. The number of nitrogens with two attached hydrogens (primary N) is 1. The van der Waals surface area contributed by atoms with Crippen LogP contribution in [0.4, 0.5) is 0 Å². The number of para-hydroxylation sites is 1. The van der Waals surface area contributed by atoms with Crippen LogP contribution in [0.15, 0.2) is 29.2 Å². The Labute approximate surface area is 150 Å². The number of halogens is 1. The Kier molecular flexibility index (Phi) is 5.64. The highest BCUT2D eigenvalue weighted by Crippen LogP contribution is 2.33. The van der Waals surface area contributed by atoms with Crippen LogP contribution in [0.1, 0.15) is 25.5 Å². The van der Waals surface area contributed by atoms with Crippen LogP contribution in [-0.2, 0) is 17.1 Å². The van der Waals surface area contributed by atoms with E-state index in [2.05, 4.69) is 0 Å². The summed E-state index contributed by atoms with van der Waals surface area (Å²) in [4.78, 5) is 0.445. The lowest BCUT2D eigenvalue weighted by Crippen LogP contribution is -2.45. The first-order valence-electron chi connectivity index (χ1n) is 8.13. The van der Waals surface area contributed by atoms with Crippen molar-refractivity contribution in [3.8, 4) is 0 Å². The van der Waals surface area contributed by atoms with Gasteiger partial charge in [-0.25, -0.2) is 8.42 Å². The normalized spacial score (nSPS) is 20.8. The molecule has 2 N–H and O–H groups in total. The summed E-state index contributed by atoms with van der Waals surface area (Å²) in [6, 6.07) is 7.69. The van der Waals surface area contributed by atoms with Gasteiger partial charge in [0.05, 0.1) is 0 Å². The Balaban J connectivity index is 0.00000208. The van der Waals surface area contributed by atoms with E-state index in [-0.39, 0.29) is 24.4 Å². The molecule has 3 rings (SSSR count). The van der Waals surface area contributed by atoms with E-state index in [9.17, 15) is 8.42 Å².